The Kier molecular flexibility index (Phi) is 6.15. The molecule has 0 fully saturated rings. The second-order valence-corrected chi connectivity index (χ2v) is 6.77. The van der Waals surface area contributed by atoms with Gasteiger partial charge in [-0.15, -0.1) is 10.2 Å². The fraction of sp³-hybridized carbons (Fsp3) is 0.111. The number of alkyl halides is 3. The van der Waals surface area contributed by atoms with Crippen LogP contribution in [0.5, 0.6) is 5.88 Å². The number of benzene rings is 1. The molecule has 0 unspecified atom stereocenters. The van der Waals surface area contributed by atoms with Gasteiger partial charge in [0.25, 0.3) is 5.91 Å². The van der Waals surface area contributed by atoms with Crippen molar-refractivity contribution >= 4 is 45.6 Å². The fourth-order valence-corrected chi connectivity index (χ4v) is 2.57. The van der Waals surface area contributed by atoms with E-state index in [0.29, 0.717) is 15.3 Å². The number of halogens is 4. The number of carbonyl (C=O) groups is 1. The number of hydrogen-bond donors (Lipinski definition) is 2. The van der Waals surface area contributed by atoms with Gasteiger partial charge in [-0.05, 0) is 59.0 Å². The minimum absolute atomic E-state index is 0.0279. The van der Waals surface area contributed by atoms with Crippen LogP contribution in [-0.2, 0) is 6.18 Å². The highest BCUT2D eigenvalue weighted by molar-refractivity contribution is 14.1. The number of carbonyl (C=O) groups excluding carboxylic acids is 1. The van der Waals surface area contributed by atoms with E-state index in [-0.39, 0.29) is 17.1 Å². The summed E-state index contributed by atoms with van der Waals surface area (Å²) >= 11 is 1.92. The molecule has 0 bridgehead atoms. The number of nitrogens with one attached hydrogen (secondary N) is 2. The molecule has 7 nitrogen and oxygen atoms in total. The van der Waals surface area contributed by atoms with Crippen molar-refractivity contribution in [3.05, 3.63) is 63.6 Å². The van der Waals surface area contributed by atoms with E-state index < -0.39 is 17.6 Å². The first kappa shape index (κ1) is 20.8. The van der Waals surface area contributed by atoms with Crippen molar-refractivity contribution in [3.63, 3.8) is 0 Å². The summed E-state index contributed by atoms with van der Waals surface area (Å²) in [6, 6.07) is 9.21. The maximum absolute atomic E-state index is 13.1. The molecule has 2 aromatic heterocycles. The number of methoxy groups -OCH3 is 1. The van der Waals surface area contributed by atoms with Crippen LogP contribution in [-0.4, -0.2) is 28.2 Å². The summed E-state index contributed by atoms with van der Waals surface area (Å²) < 4.78 is 45.0. The Labute approximate surface area is 176 Å². The second kappa shape index (κ2) is 8.59. The molecule has 0 aliphatic carbocycles. The lowest BCUT2D eigenvalue weighted by atomic mass is 10.1. The summed E-state index contributed by atoms with van der Waals surface area (Å²) in [5.41, 5.74) is -0.257. The van der Waals surface area contributed by atoms with E-state index in [0.717, 1.165) is 12.1 Å². The molecule has 0 radical (unpaired) electrons. The first-order valence-electron chi connectivity index (χ1n) is 8.05. The van der Waals surface area contributed by atoms with Gasteiger partial charge in [0.15, 0.2) is 5.69 Å². The molecule has 3 rings (SSSR count). The van der Waals surface area contributed by atoms with Crippen molar-refractivity contribution in [2.75, 3.05) is 17.7 Å². The van der Waals surface area contributed by atoms with Crippen LogP contribution in [0, 0.1) is 3.70 Å². The predicted octanol–water partition coefficient (Wildman–Crippen LogP) is 4.50. The number of anilines is 3. The van der Waals surface area contributed by atoms with Gasteiger partial charge in [-0.25, -0.2) is 4.98 Å². The summed E-state index contributed by atoms with van der Waals surface area (Å²) in [5, 5.41) is 12.9. The maximum atomic E-state index is 13.1. The van der Waals surface area contributed by atoms with Gasteiger partial charge in [0.05, 0.1) is 35.9 Å². The standard InChI is InChI=1S/C18H13F3IN5O2/c1-29-16-7-3-11(9-23-16)24-12-4-2-10(18(19,20)21)8-14(12)25-17(28)13-5-6-15(22)27-26-13/h2-9,24H,1H3,(H,25,28). The van der Waals surface area contributed by atoms with E-state index in [1.165, 1.54) is 25.4 Å². The molecule has 29 heavy (non-hydrogen) atoms. The summed E-state index contributed by atoms with van der Waals surface area (Å²) in [4.78, 5) is 16.4. The molecule has 2 N–H and O–H groups in total. The Balaban J connectivity index is 1.92. The van der Waals surface area contributed by atoms with Crippen molar-refractivity contribution in [1.29, 1.82) is 0 Å². The van der Waals surface area contributed by atoms with Gasteiger partial charge in [0.2, 0.25) is 5.88 Å². The van der Waals surface area contributed by atoms with Gasteiger partial charge >= 0.3 is 6.18 Å². The summed E-state index contributed by atoms with van der Waals surface area (Å²) in [5.74, 6) is -0.307. The second-order valence-electron chi connectivity index (χ2n) is 5.67. The van der Waals surface area contributed by atoms with Gasteiger partial charge in [-0.3, -0.25) is 4.79 Å². The zero-order valence-corrected chi connectivity index (χ0v) is 16.9. The normalized spacial score (nSPS) is 11.1. The molecular weight excluding hydrogens is 502 g/mol. The number of aromatic nitrogens is 3. The number of ether oxygens (including phenoxy) is 1. The van der Waals surface area contributed by atoms with Gasteiger partial charge in [-0.2, -0.15) is 13.2 Å². The molecule has 0 saturated heterocycles. The average Bonchev–Trinajstić information content (AvgIpc) is 2.69. The van der Waals surface area contributed by atoms with Crippen LogP contribution in [0.15, 0.2) is 48.7 Å². The number of nitrogens with zero attached hydrogens (tertiary/aromatic N) is 3. The number of pyridine rings is 1. The van der Waals surface area contributed by atoms with Crippen LogP contribution in [0.2, 0.25) is 0 Å². The van der Waals surface area contributed by atoms with Crippen molar-refractivity contribution in [2.24, 2.45) is 0 Å². The van der Waals surface area contributed by atoms with E-state index in [1.54, 1.807) is 18.2 Å². The summed E-state index contributed by atoms with van der Waals surface area (Å²) in [6.07, 6.45) is -3.12. The quantitative estimate of drug-likeness (QED) is 0.487. The van der Waals surface area contributed by atoms with Crippen molar-refractivity contribution in [2.45, 2.75) is 6.18 Å². The third-order valence-electron chi connectivity index (χ3n) is 3.68. The Morgan fingerprint density at radius 2 is 1.86 bits per heavy atom. The van der Waals surface area contributed by atoms with E-state index in [4.69, 9.17) is 4.74 Å². The molecule has 0 aliphatic heterocycles. The lowest BCUT2D eigenvalue weighted by molar-refractivity contribution is -0.137. The minimum atomic E-state index is -4.57. The third kappa shape index (κ3) is 5.31. The average molecular weight is 515 g/mol. The van der Waals surface area contributed by atoms with Crippen LogP contribution in [0.4, 0.5) is 30.2 Å². The smallest absolute Gasteiger partial charge is 0.416 e. The molecule has 0 atom stereocenters. The monoisotopic (exact) mass is 515 g/mol. The van der Waals surface area contributed by atoms with Gasteiger partial charge in [0.1, 0.15) is 3.70 Å². The van der Waals surface area contributed by atoms with E-state index in [1.807, 2.05) is 22.6 Å². The van der Waals surface area contributed by atoms with Gasteiger partial charge < -0.3 is 15.4 Å². The lowest BCUT2D eigenvalue weighted by Gasteiger charge is -2.16. The molecule has 0 spiro atoms. The molecule has 0 aliphatic rings. The molecular formula is C18H13F3IN5O2. The van der Waals surface area contributed by atoms with Crippen LogP contribution in [0.25, 0.3) is 0 Å². The van der Waals surface area contributed by atoms with Gasteiger partial charge in [0, 0.05) is 6.07 Å². The highest BCUT2D eigenvalue weighted by Gasteiger charge is 2.31. The van der Waals surface area contributed by atoms with Crippen LogP contribution < -0.4 is 15.4 Å². The molecule has 0 saturated carbocycles. The molecule has 1 aromatic carbocycles. The van der Waals surface area contributed by atoms with Crippen LogP contribution >= 0.6 is 22.6 Å². The molecule has 11 heteroatoms. The van der Waals surface area contributed by atoms with Crippen LogP contribution in [0.1, 0.15) is 16.1 Å². The molecule has 2 heterocycles. The Morgan fingerprint density at radius 3 is 2.45 bits per heavy atom. The highest BCUT2D eigenvalue weighted by atomic mass is 127. The predicted molar refractivity (Wildman–Crippen MR) is 108 cm³/mol. The zero-order valence-electron chi connectivity index (χ0n) is 14.8. The Bertz CT molecular complexity index is 1010. The largest absolute Gasteiger partial charge is 0.481 e. The number of hydrogen-bond acceptors (Lipinski definition) is 6. The van der Waals surface area contributed by atoms with Crippen LogP contribution in [0.3, 0.4) is 0 Å². The number of rotatable bonds is 5. The first-order chi connectivity index (χ1) is 13.8. The van der Waals surface area contributed by atoms with Crippen molar-refractivity contribution in [3.8, 4) is 5.88 Å². The lowest BCUT2D eigenvalue weighted by Crippen LogP contribution is -2.16. The molecule has 150 valence electrons. The highest BCUT2D eigenvalue weighted by Crippen LogP contribution is 2.35. The summed E-state index contributed by atoms with van der Waals surface area (Å²) in [7, 11) is 1.46. The molecule has 3 aromatic rings. The Morgan fingerprint density at radius 1 is 1.07 bits per heavy atom. The third-order valence-corrected chi connectivity index (χ3v) is 4.26. The SMILES string of the molecule is COc1ccc(Nc2ccc(C(F)(F)F)cc2NC(=O)c2ccc(I)nn2)cn1. The summed E-state index contributed by atoms with van der Waals surface area (Å²) in [6.45, 7) is 0. The Hall–Kier alpha value is -2.96. The van der Waals surface area contributed by atoms with Gasteiger partial charge in [-0.1, -0.05) is 0 Å². The first-order valence-corrected chi connectivity index (χ1v) is 9.13. The fourth-order valence-electron chi connectivity index (χ4n) is 2.29. The number of amides is 1. The van der Waals surface area contributed by atoms with E-state index in [9.17, 15) is 18.0 Å². The molecule has 1 amide bonds. The van der Waals surface area contributed by atoms with E-state index >= 15 is 0 Å². The van der Waals surface area contributed by atoms with Crippen molar-refractivity contribution < 1.29 is 22.7 Å². The topological polar surface area (TPSA) is 89.0 Å². The maximum Gasteiger partial charge on any atom is 0.416 e. The zero-order chi connectivity index (χ0) is 21.0. The van der Waals surface area contributed by atoms with E-state index in [2.05, 4.69) is 25.8 Å². The minimum Gasteiger partial charge on any atom is -0.481 e. The van der Waals surface area contributed by atoms with Crippen molar-refractivity contribution in [1.82, 2.24) is 15.2 Å².